The van der Waals surface area contributed by atoms with Crippen LogP contribution < -0.4 is 5.73 Å². The maximum atomic E-state index is 13.3. The topological polar surface area (TPSA) is 71.7 Å². The number of carbonyl (C=O) groups is 1. The Bertz CT molecular complexity index is 926. The van der Waals surface area contributed by atoms with Crippen LogP contribution in [0, 0.1) is 18.8 Å². The number of ether oxygens (including phenoxy) is 1. The highest BCUT2D eigenvalue weighted by Gasteiger charge is 2.63. The zero-order valence-corrected chi connectivity index (χ0v) is 16.9. The third kappa shape index (κ3) is 2.59. The maximum absolute atomic E-state index is 13.3. The number of aryl methyl sites for hydroxylation is 1. The van der Waals surface area contributed by atoms with Crippen LogP contribution in [-0.4, -0.2) is 66.1 Å². The highest BCUT2D eigenvalue weighted by molar-refractivity contribution is 7.22. The van der Waals surface area contributed by atoms with E-state index in [1.54, 1.807) is 0 Å². The first-order valence-electron chi connectivity index (χ1n) is 9.65. The molecule has 3 aliphatic rings. The van der Waals surface area contributed by atoms with Crippen LogP contribution in [-0.2, 0) is 4.74 Å². The number of carbonyl (C=O) groups excluding carboxylic acids is 1. The lowest BCUT2D eigenvalue weighted by Gasteiger charge is -2.30. The van der Waals surface area contributed by atoms with Crippen molar-refractivity contribution in [1.82, 2.24) is 14.8 Å². The Kier molecular flexibility index (Phi) is 3.80. The number of fused-ring (bicyclic) bond motifs is 2. The van der Waals surface area contributed by atoms with Gasteiger partial charge < -0.3 is 20.3 Å². The molecule has 4 heterocycles. The number of hydrogen-bond donors (Lipinski definition) is 1. The summed E-state index contributed by atoms with van der Waals surface area (Å²) >= 11 is 1.44. The largest absolute Gasteiger partial charge is 0.375 e. The van der Waals surface area contributed by atoms with Crippen LogP contribution in [0.4, 0.5) is 5.13 Å². The van der Waals surface area contributed by atoms with Gasteiger partial charge in [0.1, 0.15) is 0 Å². The second-order valence-corrected chi connectivity index (χ2v) is 9.73. The van der Waals surface area contributed by atoms with E-state index in [2.05, 4.69) is 24.0 Å². The van der Waals surface area contributed by atoms with Gasteiger partial charge in [-0.2, -0.15) is 0 Å². The third-order valence-corrected chi connectivity index (χ3v) is 7.43. The number of nitrogens with zero attached hydrogens (tertiary/aromatic N) is 3. The van der Waals surface area contributed by atoms with E-state index in [0.717, 1.165) is 53.8 Å². The molecule has 1 spiro atoms. The molecule has 6 nitrogen and oxygen atoms in total. The summed E-state index contributed by atoms with van der Waals surface area (Å²) in [5, 5.41) is 0.546. The molecule has 3 aliphatic heterocycles. The smallest absolute Gasteiger partial charge is 0.254 e. The van der Waals surface area contributed by atoms with E-state index < -0.39 is 0 Å². The van der Waals surface area contributed by atoms with Crippen molar-refractivity contribution in [1.29, 1.82) is 0 Å². The molecule has 1 aromatic carbocycles. The molecule has 2 aromatic rings. The van der Waals surface area contributed by atoms with Gasteiger partial charge >= 0.3 is 0 Å². The minimum Gasteiger partial charge on any atom is -0.375 e. The fourth-order valence-electron chi connectivity index (χ4n) is 5.53. The summed E-state index contributed by atoms with van der Waals surface area (Å²) in [6.45, 7) is 4.55. The molecule has 0 unspecified atom stereocenters. The number of likely N-dealkylation sites (tertiary alicyclic amines) is 1. The van der Waals surface area contributed by atoms with Crippen molar-refractivity contribution in [3.8, 4) is 0 Å². The van der Waals surface area contributed by atoms with Crippen LogP contribution in [0.15, 0.2) is 12.1 Å². The van der Waals surface area contributed by atoms with Crippen molar-refractivity contribution >= 4 is 32.6 Å². The maximum Gasteiger partial charge on any atom is 0.254 e. The van der Waals surface area contributed by atoms with Crippen molar-refractivity contribution in [2.45, 2.75) is 31.5 Å². The van der Waals surface area contributed by atoms with Crippen LogP contribution >= 0.6 is 11.3 Å². The Morgan fingerprint density at radius 3 is 3.07 bits per heavy atom. The van der Waals surface area contributed by atoms with Gasteiger partial charge in [-0.3, -0.25) is 4.79 Å². The van der Waals surface area contributed by atoms with Gasteiger partial charge in [0.2, 0.25) is 0 Å². The zero-order chi connectivity index (χ0) is 18.9. The average Bonchev–Trinajstić information content (AvgIpc) is 3.33. The standard InChI is InChI=1S/C20H26N4O2S/c1-11-6-12(7-16-17(11)22-19(21)27-16)18(25)24-9-14-13(8-23(2)3)15-4-5-20(14,10-24)26-15/h6-7,13-15H,4-5,8-10H2,1-3H3,(H2,21,22)/t13-,14+,15+,20+/m1/s1. The molecule has 27 heavy (non-hydrogen) atoms. The lowest BCUT2D eigenvalue weighted by atomic mass is 9.73. The molecule has 1 aromatic heterocycles. The summed E-state index contributed by atoms with van der Waals surface area (Å²) in [5.74, 6) is 1.08. The Balaban J connectivity index is 1.42. The summed E-state index contributed by atoms with van der Waals surface area (Å²) in [6, 6.07) is 3.89. The summed E-state index contributed by atoms with van der Waals surface area (Å²) in [7, 11) is 4.24. The van der Waals surface area contributed by atoms with Crippen molar-refractivity contribution < 1.29 is 9.53 Å². The number of aromatic nitrogens is 1. The molecule has 0 radical (unpaired) electrons. The predicted molar refractivity (Wildman–Crippen MR) is 107 cm³/mol. The Morgan fingerprint density at radius 1 is 1.48 bits per heavy atom. The number of hydrogen-bond acceptors (Lipinski definition) is 6. The molecule has 3 saturated heterocycles. The fraction of sp³-hybridized carbons (Fsp3) is 0.600. The monoisotopic (exact) mass is 386 g/mol. The second-order valence-electron chi connectivity index (χ2n) is 8.67. The lowest BCUT2D eigenvalue weighted by Crippen LogP contribution is -2.40. The molecule has 2 N–H and O–H groups in total. The van der Waals surface area contributed by atoms with E-state index in [1.807, 2.05) is 24.0 Å². The van der Waals surface area contributed by atoms with E-state index in [4.69, 9.17) is 10.5 Å². The average molecular weight is 387 g/mol. The molecule has 1 amide bonds. The Morgan fingerprint density at radius 2 is 2.30 bits per heavy atom. The Hall–Kier alpha value is -1.70. The van der Waals surface area contributed by atoms with Crippen molar-refractivity contribution in [3.05, 3.63) is 23.3 Å². The first-order valence-corrected chi connectivity index (χ1v) is 10.5. The first kappa shape index (κ1) is 17.4. The van der Waals surface area contributed by atoms with Gasteiger partial charge in [0.25, 0.3) is 5.91 Å². The van der Waals surface area contributed by atoms with Gasteiger partial charge in [0, 0.05) is 30.5 Å². The van der Waals surface area contributed by atoms with E-state index in [-0.39, 0.29) is 11.5 Å². The molecular weight excluding hydrogens is 360 g/mol. The summed E-state index contributed by atoms with van der Waals surface area (Å²) in [4.78, 5) is 21.9. The molecule has 144 valence electrons. The number of nitrogens with two attached hydrogens (primary N) is 1. The van der Waals surface area contributed by atoms with E-state index >= 15 is 0 Å². The molecule has 5 rings (SSSR count). The highest BCUT2D eigenvalue weighted by Crippen LogP contribution is 2.55. The molecule has 0 saturated carbocycles. The predicted octanol–water partition coefficient (Wildman–Crippen LogP) is 2.37. The number of benzene rings is 1. The van der Waals surface area contributed by atoms with E-state index in [1.165, 1.54) is 11.3 Å². The minimum absolute atomic E-state index is 0.103. The summed E-state index contributed by atoms with van der Waals surface area (Å²) < 4.78 is 7.45. The van der Waals surface area contributed by atoms with Crippen LogP contribution in [0.25, 0.3) is 10.2 Å². The van der Waals surface area contributed by atoms with Crippen LogP contribution in [0.5, 0.6) is 0 Å². The minimum atomic E-state index is -0.116. The molecule has 7 heteroatoms. The summed E-state index contributed by atoms with van der Waals surface area (Å²) in [6.07, 6.45) is 2.58. The van der Waals surface area contributed by atoms with Crippen molar-refractivity contribution in [2.75, 3.05) is 39.5 Å². The van der Waals surface area contributed by atoms with Gasteiger partial charge in [0.05, 0.1) is 28.5 Å². The zero-order valence-electron chi connectivity index (χ0n) is 16.1. The van der Waals surface area contributed by atoms with E-state index in [9.17, 15) is 4.79 Å². The summed E-state index contributed by atoms with van der Waals surface area (Å²) in [5.41, 5.74) is 8.38. The molecule has 2 bridgehead atoms. The van der Waals surface area contributed by atoms with Gasteiger partial charge in [-0.25, -0.2) is 4.98 Å². The van der Waals surface area contributed by atoms with Crippen LogP contribution in [0.3, 0.4) is 0 Å². The quantitative estimate of drug-likeness (QED) is 0.877. The number of thiazole rings is 1. The van der Waals surface area contributed by atoms with Crippen LogP contribution in [0.2, 0.25) is 0 Å². The normalized spacial score (nSPS) is 32.0. The van der Waals surface area contributed by atoms with Gasteiger partial charge in [0.15, 0.2) is 5.13 Å². The van der Waals surface area contributed by atoms with Crippen LogP contribution in [0.1, 0.15) is 28.8 Å². The van der Waals surface area contributed by atoms with Crippen molar-refractivity contribution in [3.63, 3.8) is 0 Å². The molecule has 0 aliphatic carbocycles. The SMILES string of the molecule is Cc1cc(C(=O)N2C[C@H]3[C@@H](CN(C)C)[C@@H]4CC[C@@]3(C2)O4)cc2sc(N)nc12. The molecule has 4 atom stereocenters. The number of anilines is 1. The highest BCUT2D eigenvalue weighted by atomic mass is 32.1. The van der Waals surface area contributed by atoms with E-state index in [0.29, 0.717) is 23.1 Å². The lowest BCUT2D eigenvalue weighted by molar-refractivity contribution is 0.00256. The Labute approximate surface area is 163 Å². The van der Waals surface area contributed by atoms with Gasteiger partial charge in [-0.05, 0) is 51.6 Å². The van der Waals surface area contributed by atoms with Crippen molar-refractivity contribution in [2.24, 2.45) is 11.8 Å². The number of rotatable bonds is 3. The number of nitrogen functional groups attached to an aromatic ring is 1. The number of amides is 1. The molecule has 3 fully saturated rings. The van der Waals surface area contributed by atoms with Gasteiger partial charge in [-0.15, -0.1) is 0 Å². The second kappa shape index (κ2) is 5.90. The third-order valence-electron chi connectivity index (χ3n) is 6.60. The fourth-order valence-corrected chi connectivity index (χ4v) is 6.38. The first-order chi connectivity index (χ1) is 12.9. The van der Waals surface area contributed by atoms with Gasteiger partial charge in [-0.1, -0.05) is 11.3 Å². The molecular formula is C20H26N4O2S.